The third-order valence-electron chi connectivity index (χ3n) is 3.46. The maximum atomic E-state index is 11.8. The molecule has 0 aliphatic rings. The highest BCUT2D eigenvalue weighted by Gasteiger charge is 2.17. The molecule has 23 heavy (non-hydrogen) atoms. The van der Waals surface area contributed by atoms with E-state index in [1.807, 2.05) is 36.2 Å². The monoisotopic (exact) mass is 327 g/mol. The molecule has 0 aliphatic heterocycles. The lowest BCUT2D eigenvalue weighted by atomic mass is 10.2. The summed E-state index contributed by atoms with van der Waals surface area (Å²) in [5.41, 5.74) is 7.00. The van der Waals surface area contributed by atoms with Gasteiger partial charge in [-0.15, -0.1) is 11.3 Å². The van der Waals surface area contributed by atoms with Gasteiger partial charge in [-0.1, -0.05) is 30.3 Å². The van der Waals surface area contributed by atoms with E-state index in [2.05, 4.69) is 27.4 Å². The van der Waals surface area contributed by atoms with Crippen molar-refractivity contribution in [1.82, 2.24) is 15.3 Å². The van der Waals surface area contributed by atoms with Crippen molar-refractivity contribution in [3.63, 3.8) is 0 Å². The van der Waals surface area contributed by atoms with E-state index in [0.29, 0.717) is 16.3 Å². The van der Waals surface area contributed by atoms with Crippen LogP contribution in [0.3, 0.4) is 0 Å². The molecule has 0 saturated carbocycles. The second kappa shape index (κ2) is 6.21. The molecule has 0 atom stereocenters. The zero-order valence-electron chi connectivity index (χ0n) is 12.9. The van der Waals surface area contributed by atoms with Crippen LogP contribution in [0.4, 0.5) is 11.8 Å². The molecule has 3 rings (SSSR count). The number of thiophene rings is 1. The van der Waals surface area contributed by atoms with Crippen molar-refractivity contribution >= 4 is 39.2 Å². The summed E-state index contributed by atoms with van der Waals surface area (Å²) in [5, 5.41) is 3.46. The van der Waals surface area contributed by atoms with Crippen molar-refractivity contribution in [2.24, 2.45) is 0 Å². The summed E-state index contributed by atoms with van der Waals surface area (Å²) < 4.78 is 0. The van der Waals surface area contributed by atoms with Gasteiger partial charge in [-0.05, 0) is 11.6 Å². The quantitative estimate of drug-likeness (QED) is 0.768. The first kappa shape index (κ1) is 15.2. The lowest BCUT2D eigenvalue weighted by molar-refractivity contribution is 0.0967. The topological polar surface area (TPSA) is 84.1 Å². The van der Waals surface area contributed by atoms with E-state index in [0.717, 1.165) is 11.2 Å². The third kappa shape index (κ3) is 3.09. The van der Waals surface area contributed by atoms with Crippen molar-refractivity contribution < 1.29 is 4.79 Å². The molecule has 0 aliphatic carbocycles. The summed E-state index contributed by atoms with van der Waals surface area (Å²) in [4.78, 5) is 23.8. The van der Waals surface area contributed by atoms with Crippen LogP contribution in [0.5, 0.6) is 0 Å². The van der Waals surface area contributed by atoms with Gasteiger partial charge >= 0.3 is 0 Å². The number of nitrogens with one attached hydrogen (secondary N) is 1. The van der Waals surface area contributed by atoms with Gasteiger partial charge in [-0.2, -0.15) is 4.98 Å². The van der Waals surface area contributed by atoms with Crippen molar-refractivity contribution in [2.75, 3.05) is 24.7 Å². The minimum Gasteiger partial charge on any atom is -0.368 e. The number of hydrogen-bond acceptors (Lipinski definition) is 6. The number of carbonyl (C=O) groups excluding carboxylic acids is 1. The molecule has 3 aromatic rings. The minimum absolute atomic E-state index is 0.136. The summed E-state index contributed by atoms with van der Waals surface area (Å²) in [6.45, 7) is 0.692. The number of nitrogens with two attached hydrogens (primary N) is 1. The van der Waals surface area contributed by atoms with Crippen molar-refractivity contribution in [2.45, 2.75) is 6.54 Å². The number of amides is 1. The van der Waals surface area contributed by atoms with E-state index in [1.54, 1.807) is 7.05 Å². The number of aromatic nitrogens is 2. The molecule has 1 aromatic carbocycles. The molecular formula is C16H17N5OS. The molecular weight excluding hydrogens is 310 g/mol. The summed E-state index contributed by atoms with van der Waals surface area (Å²) in [5.74, 6) is 0.795. The fourth-order valence-corrected chi connectivity index (χ4v) is 3.36. The van der Waals surface area contributed by atoms with E-state index in [9.17, 15) is 4.79 Å². The van der Waals surface area contributed by atoms with Crippen molar-refractivity contribution in [3.05, 3.63) is 46.8 Å². The lowest BCUT2D eigenvalue weighted by Gasteiger charge is -2.19. The Hall–Kier alpha value is -2.67. The summed E-state index contributed by atoms with van der Waals surface area (Å²) in [6.07, 6.45) is 0. The second-order valence-corrected chi connectivity index (χ2v) is 6.19. The molecule has 0 unspecified atom stereocenters. The van der Waals surface area contributed by atoms with Crippen LogP contribution < -0.4 is 16.0 Å². The maximum absolute atomic E-state index is 11.8. The predicted molar refractivity (Wildman–Crippen MR) is 93.8 cm³/mol. The van der Waals surface area contributed by atoms with E-state index >= 15 is 0 Å². The molecule has 0 fully saturated rings. The number of hydrogen-bond donors (Lipinski definition) is 2. The van der Waals surface area contributed by atoms with Gasteiger partial charge in [0.2, 0.25) is 5.95 Å². The number of nitrogens with zero attached hydrogens (tertiary/aromatic N) is 3. The first-order valence-electron chi connectivity index (χ1n) is 7.12. The fourth-order valence-electron chi connectivity index (χ4n) is 2.38. The molecule has 2 aromatic heterocycles. The van der Waals surface area contributed by atoms with Gasteiger partial charge in [-0.3, -0.25) is 4.79 Å². The molecule has 118 valence electrons. The van der Waals surface area contributed by atoms with Crippen molar-refractivity contribution in [3.8, 4) is 0 Å². The molecule has 0 radical (unpaired) electrons. The highest BCUT2D eigenvalue weighted by molar-refractivity contribution is 7.20. The van der Waals surface area contributed by atoms with Crippen molar-refractivity contribution in [1.29, 1.82) is 0 Å². The number of carbonyl (C=O) groups is 1. The Labute approximate surface area is 138 Å². The second-order valence-electron chi connectivity index (χ2n) is 5.16. The normalized spacial score (nSPS) is 10.7. The third-order valence-corrected chi connectivity index (χ3v) is 4.49. The summed E-state index contributed by atoms with van der Waals surface area (Å²) in [7, 11) is 3.56. The summed E-state index contributed by atoms with van der Waals surface area (Å²) in [6, 6.07) is 11.9. The van der Waals surface area contributed by atoms with E-state index < -0.39 is 0 Å². The van der Waals surface area contributed by atoms with E-state index in [4.69, 9.17) is 5.73 Å². The van der Waals surface area contributed by atoms with Gasteiger partial charge in [0.05, 0.1) is 10.3 Å². The number of rotatable bonds is 4. The van der Waals surface area contributed by atoms with Crippen LogP contribution in [0, 0.1) is 0 Å². The zero-order valence-corrected chi connectivity index (χ0v) is 13.7. The van der Waals surface area contributed by atoms with Crippen LogP contribution in [0.15, 0.2) is 36.4 Å². The zero-order chi connectivity index (χ0) is 16.4. The average molecular weight is 327 g/mol. The molecule has 6 nitrogen and oxygen atoms in total. The lowest BCUT2D eigenvalue weighted by Crippen LogP contribution is -2.18. The van der Waals surface area contributed by atoms with Crippen LogP contribution in [0.25, 0.3) is 10.2 Å². The number of nitrogen functional groups attached to an aromatic ring is 1. The minimum atomic E-state index is -0.136. The molecule has 0 bridgehead atoms. The number of fused-ring (bicyclic) bond motifs is 1. The van der Waals surface area contributed by atoms with Crippen LogP contribution in [-0.4, -0.2) is 30.0 Å². The molecule has 3 N–H and O–H groups in total. The van der Waals surface area contributed by atoms with Gasteiger partial charge in [0.15, 0.2) is 0 Å². The van der Waals surface area contributed by atoms with Gasteiger partial charge in [0.25, 0.3) is 5.91 Å². The SMILES string of the molecule is CNC(=O)c1cc2c(N(C)Cc3ccccc3)nc(N)nc2s1. The number of benzene rings is 1. The Bertz CT molecular complexity index is 846. The van der Waals surface area contributed by atoms with Crippen LogP contribution in [-0.2, 0) is 6.54 Å². The predicted octanol–water partition coefficient (Wildman–Crippen LogP) is 2.27. The van der Waals surface area contributed by atoms with Crippen LogP contribution in [0.1, 0.15) is 15.2 Å². The maximum Gasteiger partial charge on any atom is 0.261 e. The van der Waals surface area contributed by atoms with E-state index in [-0.39, 0.29) is 11.9 Å². The average Bonchev–Trinajstić information content (AvgIpc) is 2.98. The van der Waals surface area contributed by atoms with Gasteiger partial charge in [0.1, 0.15) is 10.6 Å². The van der Waals surface area contributed by atoms with Crippen LogP contribution >= 0.6 is 11.3 Å². The first-order chi connectivity index (χ1) is 11.1. The van der Waals surface area contributed by atoms with Gasteiger partial charge in [0, 0.05) is 20.6 Å². The van der Waals surface area contributed by atoms with Gasteiger partial charge in [-0.25, -0.2) is 4.98 Å². The van der Waals surface area contributed by atoms with Crippen LogP contribution in [0.2, 0.25) is 0 Å². The molecule has 0 spiro atoms. The fraction of sp³-hybridized carbons (Fsp3) is 0.188. The molecule has 1 amide bonds. The number of anilines is 2. The Kier molecular flexibility index (Phi) is 4.12. The smallest absolute Gasteiger partial charge is 0.261 e. The Balaban J connectivity index is 2.01. The molecule has 7 heteroatoms. The van der Waals surface area contributed by atoms with Gasteiger partial charge < -0.3 is 16.0 Å². The summed E-state index contributed by atoms with van der Waals surface area (Å²) >= 11 is 1.31. The van der Waals surface area contributed by atoms with E-state index in [1.165, 1.54) is 16.9 Å². The Morgan fingerprint density at radius 1 is 1.30 bits per heavy atom. The largest absolute Gasteiger partial charge is 0.368 e. The standard InChI is InChI=1S/C16H17N5OS/c1-18-14(22)12-8-11-13(19-16(17)20-15(11)23-12)21(2)9-10-6-4-3-5-7-10/h3-8H,9H2,1-2H3,(H,18,22)(H2,17,19,20). The first-order valence-corrected chi connectivity index (χ1v) is 7.94. The Morgan fingerprint density at radius 2 is 2.04 bits per heavy atom. The Morgan fingerprint density at radius 3 is 2.74 bits per heavy atom. The highest BCUT2D eigenvalue weighted by Crippen LogP contribution is 2.31. The highest BCUT2D eigenvalue weighted by atomic mass is 32.1. The molecule has 2 heterocycles. The molecule has 0 saturated heterocycles.